The summed E-state index contributed by atoms with van der Waals surface area (Å²) < 4.78 is 24.9. The molecule has 2 fully saturated rings. The predicted molar refractivity (Wildman–Crippen MR) is 115 cm³/mol. The third-order valence-corrected chi connectivity index (χ3v) is 8.62. The van der Waals surface area contributed by atoms with E-state index in [9.17, 15) is 23.1 Å². The van der Waals surface area contributed by atoms with Gasteiger partial charge < -0.3 is 15.3 Å². The number of carbonyl (C=O) groups is 2. The zero-order valence-corrected chi connectivity index (χ0v) is 18.7. The fourth-order valence-electron chi connectivity index (χ4n) is 5.66. The molecule has 170 valence electrons. The Hall–Kier alpha value is -2.72. The summed E-state index contributed by atoms with van der Waals surface area (Å²) in [6.45, 7) is 3.47. The van der Waals surface area contributed by atoms with Gasteiger partial charge in [0.15, 0.2) is 9.84 Å². The quantitative estimate of drug-likeness (QED) is 0.623. The third kappa shape index (κ3) is 3.32. The number of aliphatic hydroxyl groups is 1. The maximum atomic E-state index is 13.5. The van der Waals surface area contributed by atoms with Crippen molar-refractivity contribution in [1.29, 1.82) is 0 Å². The van der Waals surface area contributed by atoms with Gasteiger partial charge >= 0.3 is 0 Å². The van der Waals surface area contributed by atoms with E-state index in [0.29, 0.717) is 35.4 Å². The zero-order chi connectivity index (χ0) is 22.8. The van der Waals surface area contributed by atoms with Gasteiger partial charge in [0, 0.05) is 5.69 Å². The van der Waals surface area contributed by atoms with Gasteiger partial charge in [-0.15, -0.1) is 0 Å². The van der Waals surface area contributed by atoms with Crippen LogP contribution in [0, 0.1) is 19.8 Å². The number of hydrogen-bond donors (Lipinski definition) is 3. The molecule has 3 heterocycles. The average molecular weight is 459 g/mol. The number of fused-ring (bicyclic) bond motifs is 3. The van der Waals surface area contributed by atoms with Crippen molar-refractivity contribution < 1.29 is 23.1 Å². The van der Waals surface area contributed by atoms with Crippen molar-refractivity contribution in [3.05, 3.63) is 52.3 Å². The van der Waals surface area contributed by atoms with Crippen LogP contribution in [0.5, 0.6) is 0 Å². The molecule has 2 aliphatic heterocycles. The normalized spacial score (nSPS) is 30.2. The van der Waals surface area contributed by atoms with Gasteiger partial charge in [-0.1, -0.05) is 24.3 Å². The molecule has 0 radical (unpaired) electrons. The minimum Gasteiger partial charge on any atom is -0.391 e. The van der Waals surface area contributed by atoms with Gasteiger partial charge in [-0.05, 0) is 43.7 Å². The summed E-state index contributed by atoms with van der Waals surface area (Å²) in [6.07, 6.45) is 0.298. The standard InChI is InChI=1S/C22H26N4O5S/c1-11-19(12(2)25-24-11)22(29)26-17-7-14(8-18(17)27)20(26)21(28)23-16-10-32(30,31)9-13-5-3-4-6-15(13)16/h3-6,14,16-18,20,27H,7-10H2,1-2H3,(H,23,28)(H,24,25)/t14?,16?,17?,18-,20+/m0/s1. The number of aromatic nitrogens is 2. The number of hydrogen-bond acceptors (Lipinski definition) is 6. The largest absolute Gasteiger partial charge is 0.391 e. The van der Waals surface area contributed by atoms with Crippen molar-refractivity contribution in [2.45, 2.75) is 56.7 Å². The van der Waals surface area contributed by atoms with Crippen LogP contribution in [-0.2, 0) is 20.4 Å². The molecule has 0 spiro atoms. The molecule has 3 unspecified atom stereocenters. The Balaban J connectivity index is 1.46. The Kier molecular flexibility index (Phi) is 4.90. The van der Waals surface area contributed by atoms with E-state index in [-0.39, 0.29) is 29.2 Å². The summed E-state index contributed by atoms with van der Waals surface area (Å²) in [5.41, 5.74) is 3.03. The van der Waals surface area contributed by atoms with E-state index in [0.717, 1.165) is 5.56 Å². The average Bonchev–Trinajstić information content (AvgIpc) is 3.38. The second-order valence-corrected chi connectivity index (χ2v) is 11.3. The molecule has 1 aromatic carbocycles. The fourth-order valence-corrected chi connectivity index (χ4v) is 7.28. The number of nitrogens with zero attached hydrogens (tertiary/aromatic N) is 2. The maximum absolute atomic E-state index is 13.5. The fraction of sp³-hybridized carbons (Fsp3) is 0.500. The molecule has 9 nitrogen and oxygen atoms in total. The number of likely N-dealkylation sites (tertiary alicyclic amines) is 1. The molecule has 3 aliphatic rings. The molecule has 3 N–H and O–H groups in total. The van der Waals surface area contributed by atoms with Crippen molar-refractivity contribution in [2.24, 2.45) is 5.92 Å². The van der Waals surface area contributed by atoms with Crippen LogP contribution < -0.4 is 5.32 Å². The number of benzene rings is 1. The lowest BCUT2D eigenvalue weighted by molar-refractivity contribution is -0.128. The predicted octanol–water partition coefficient (Wildman–Crippen LogP) is 0.776. The smallest absolute Gasteiger partial charge is 0.258 e. The summed E-state index contributed by atoms with van der Waals surface area (Å²) in [7, 11) is -3.36. The Bertz CT molecular complexity index is 1190. The van der Waals surface area contributed by atoms with Gasteiger partial charge in [0.1, 0.15) is 6.04 Å². The highest BCUT2D eigenvalue weighted by Gasteiger charge is 2.56. The summed E-state index contributed by atoms with van der Waals surface area (Å²) in [5, 5.41) is 20.3. The topological polar surface area (TPSA) is 132 Å². The number of aliphatic hydroxyl groups excluding tert-OH is 1. The number of carbonyl (C=O) groups excluding carboxylic acids is 2. The van der Waals surface area contributed by atoms with Crippen LogP contribution in [0.3, 0.4) is 0 Å². The van der Waals surface area contributed by atoms with Crippen LogP contribution in [0.15, 0.2) is 24.3 Å². The minimum absolute atomic E-state index is 0.0421. The van der Waals surface area contributed by atoms with E-state index in [1.54, 1.807) is 26.0 Å². The van der Waals surface area contributed by atoms with E-state index in [2.05, 4.69) is 15.5 Å². The number of aromatic amines is 1. The SMILES string of the molecule is Cc1n[nH]c(C)c1C(=O)N1C2CC(C[C@@H]2O)[C@@H]1C(=O)NC1CS(=O)(=O)Cc2ccccc21. The Morgan fingerprint density at radius 3 is 2.69 bits per heavy atom. The second kappa shape index (κ2) is 7.41. The minimum atomic E-state index is -3.36. The van der Waals surface area contributed by atoms with Crippen molar-refractivity contribution in [1.82, 2.24) is 20.4 Å². The highest BCUT2D eigenvalue weighted by atomic mass is 32.2. The molecule has 1 saturated carbocycles. The summed E-state index contributed by atoms with van der Waals surface area (Å²) in [6, 6.07) is 5.33. The first-order chi connectivity index (χ1) is 15.2. The van der Waals surface area contributed by atoms with Crippen LogP contribution in [0.25, 0.3) is 0 Å². The Morgan fingerprint density at radius 2 is 1.97 bits per heavy atom. The van der Waals surface area contributed by atoms with E-state index in [1.165, 1.54) is 4.90 Å². The number of piperidine rings is 1. The first-order valence-electron chi connectivity index (χ1n) is 10.8. The van der Waals surface area contributed by atoms with Crippen LogP contribution in [-0.4, -0.2) is 64.4 Å². The third-order valence-electron chi connectivity index (χ3n) is 7.02. The van der Waals surface area contributed by atoms with Crippen molar-refractivity contribution >= 4 is 21.7 Å². The summed E-state index contributed by atoms with van der Waals surface area (Å²) >= 11 is 0. The monoisotopic (exact) mass is 458 g/mol. The molecule has 10 heteroatoms. The van der Waals surface area contributed by atoms with Gasteiger partial charge in [0.25, 0.3) is 5.91 Å². The van der Waals surface area contributed by atoms with Gasteiger partial charge in [-0.25, -0.2) is 8.42 Å². The lowest BCUT2D eigenvalue weighted by Gasteiger charge is -2.38. The van der Waals surface area contributed by atoms with Crippen LogP contribution in [0.4, 0.5) is 0 Å². The Labute approximate surface area is 186 Å². The number of H-pyrrole nitrogens is 1. The molecule has 32 heavy (non-hydrogen) atoms. The maximum Gasteiger partial charge on any atom is 0.258 e. The van der Waals surface area contributed by atoms with Crippen LogP contribution >= 0.6 is 0 Å². The molecule has 1 saturated heterocycles. The molecule has 1 aliphatic carbocycles. The van der Waals surface area contributed by atoms with E-state index in [4.69, 9.17) is 0 Å². The number of nitrogens with one attached hydrogen (secondary N) is 2. The summed E-state index contributed by atoms with van der Waals surface area (Å²) in [5.74, 6) is -1.11. The zero-order valence-electron chi connectivity index (χ0n) is 17.9. The second-order valence-electron chi connectivity index (χ2n) is 9.15. The van der Waals surface area contributed by atoms with E-state index >= 15 is 0 Å². The number of amides is 2. The molecule has 2 aromatic rings. The summed E-state index contributed by atoms with van der Waals surface area (Å²) in [4.78, 5) is 28.4. The molecular formula is C22H26N4O5S. The van der Waals surface area contributed by atoms with Gasteiger partial charge in [-0.2, -0.15) is 5.10 Å². The Morgan fingerprint density at radius 1 is 1.22 bits per heavy atom. The van der Waals surface area contributed by atoms with Gasteiger partial charge in [0.05, 0.1) is 41.0 Å². The lowest BCUT2D eigenvalue weighted by Crippen LogP contribution is -2.57. The molecule has 2 amide bonds. The number of sulfone groups is 1. The van der Waals surface area contributed by atoms with Crippen LogP contribution in [0.2, 0.25) is 0 Å². The first-order valence-corrected chi connectivity index (χ1v) is 12.6. The highest BCUT2D eigenvalue weighted by molar-refractivity contribution is 7.90. The molecule has 5 rings (SSSR count). The van der Waals surface area contributed by atoms with Crippen molar-refractivity contribution in [2.75, 3.05) is 5.75 Å². The van der Waals surface area contributed by atoms with E-state index in [1.807, 2.05) is 12.1 Å². The number of rotatable bonds is 3. The lowest BCUT2D eigenvalue weighted by atomic mass is 9.94. The first kappa shape index (κ1) is 21.1. The van der Waals surface area contributed by atoms with Crippen molar-refractivity contribution in [3.63, 3.8) is 0 Å². The van der Waals surface area contributed by atoms with Crippen molar-refractivity contribution in [3.8, 4) is 0 Å². The molecular weight excluding hydrogens is 432 g/mol. The highest BCUT2D eigenvalue weighted by Crippen LogP contribution is 2.44. The van der Waals surface area contributed by atoms with Gasteiger partial charge in [0.2, 0.25) is 5.91 Å². The van der Waals surface area contributed by atoms with E-state index < -0.39 is 34.1 Å². The number of aryl methyl sites for hydroxylation is 2. The van der Waals surface area contributed by atoms with Gasteiger partial charge in [-0.3, -0.25) is 14.7 Å². The molecule has 5 atom stereocenters. The molecule has 2 bridgehead atoms. The van der Waals surface area contributed by atoms with Crippen LogP contribution in [0.1, 0.15) is 51.8 Å². The molecule has 1 aromatic heterocycles.